The summed E-state index contributed by atoms with van der Waals surface area (Å²) >= 11 is 1.34. The van der Waals surface area contributed by atoms with Crippen molar-refractivity contribution in [2.75, 3.05) is 0 Å². The number of nitrogens with one attached hydrogen (secondary N) is 1. The molecule has 3 N–H and O–H groups in total. The van der Waals surface area contributed by atoms with E-state index in [0.717, 1.165) is 22.6 Å². The average Bonchev–Trinajstić information content (AvgIpc) is 2.80. The second kappa shape index (κ2) is 5.06. The van der Waals surface area contributed by atoms with Crippen molar-refractivity contribution in [1.29, 1.82) is 0 Å². The van der Waals surface area contributed by atoms with Gasteiger partial charge in [0, 0.05) is 18.0 Å². The van der Waals surface area contributed by atoms with Gasteiger partial charge in [-0.3, -0.25) is 5.84 Å². The molecule has 0 bridgehead atoms. The van der Waals surface area contributed by atoms with Crippen LogP contribution in [0.3, 0.4) is 0 Å². The summed E-state index contributed by atoms with van der Waals surface area (Å²) in [4.78, 5) is 8.97. The van der Waals surface area contributed by atoms with Crippen LogP contribution in [-0.2, 0) is 6.42 Å². The van der Waals surface area contributed by atoms with Crippen LogP contribution in [0.15, 0.2) is 18.7 Å². The lowest BCUT2D eigenvalue weighted by Gasteiger charge is -2.13. The number of aryl methyl sites for hydroxylation is 1. The van der Waals surface area contributed by atoms with E-state index in [1.165, 1.54) is 17.9 Å². The van der Waals surface area contributed by atoms with E-state index < -0.39 is 0 Å². The summed E-state index contributed by atoms with van der Waals surface area (Å²) < 4.78 is 3.94. The molecule has 0 aromatic carbocycles. The van der Waals surface area contributed by atoms with E-state index in [4.69, 9.17) is 5.84 Å². The molecule has 1 atom stereocenters. The average molecular weight is 236 g/mol. The minimum atomic E-state index is -0.142. The van der Waals surface area contributed by atoms with Gasteiger partial charge < -0.3 is 0 Å². The fourth-order valence-corrected chi connectivity index (χ4v) is 2.29. The standard InChI is InChI=1S/C9H12N6S/c1-2-7-9(16-15-14-7)8(13-10)6-3-11-5-12-4-6/h3-5,8,13H,2,10H2,1H3. The fraction of sp³-hybridized carbons (Fsp3) is 0.333. The predicted octanol–water partition coefficient (Wildman–Crippen LogP) is 0.443. The van der Waals surface area contributed by atoms with Gasteiger partial charge in [0.05, 0.1) is 16.6 Å². The minimum absolute atomic E-state index is 0.142. The molecule has 1 unspecified atom stereocenters. The van der Waals surface area contributed by atoms with Crippen molar-refractivity contribution in [2.45, 2.75) is 19.4 Å². The zero-order valence-corrected chi connectivity index (χ0v) is 9.61. The summed E-state index contributed by atoms with van der Waals surface area (Å²) in [6.45, 7) is 2.04. The van der Waals surface area contributed by atoms with Crippen LogP contribution in [0, 0.1) is 0 Å². The van der Waals surface area contributed by atoms with Crippen molar-refractivity contribution in [3.8, 4) is 0 Å². The number of hydrogen-bond acceptors (Lipinski definition) is 7. The number of aromatic nitrogens is 4. The third-order valence-electron chi connectivity index (χ3n) is 2.26. The summed E-state index contributed by atoms with van der Waals surface area (Å²) in [5.74, 6) is 5.57. The largest absolute Gasteiger partial charge is 0.271 e. The quantitative estimate of drug-likeness (QED) is 0.591. The van der Waals surface area contributed by atoms with Crippen LogP contribution in [-0.4, -0.2) is 19.6 Å². The molecule has 2 rings (SSSR count). The lowest BCUT2D eigenvalue weighted by Crippen LogP contribution is -2.29. The highest BCUT2D eigenvalue weighted by molar-refractivity contribution is 7.05. The van der Waals surface area contributed by atoms with Gasteiger partial charge in [-0.2, -0.15) is 0 Å². The van der Waals surface area contributed by atoms with Gasteiger partial charge >= 0.3 is 0 Å². The van der Waals surface area contributed by atoms with Gasteiger partial charge in [0.25, 0.3) is 0 Å². The fourth-order valence-electron chi connectivity index (χ4n) is 1.46. The zero-order chi connectivity index (χ0) is 11.4. The Bertz CT molecular complexity index is 442. The zero-order valence-electron chi connectivity index (χ0n) is 8.79. The third-order valence-corrected chi connectivity index (χ3v) is 3.09. The van der Waals surface area contributed by atoms with Gasteiger partial charge in [0.1, 0.15) is 6.33 Å². The van der Waals surface area contributed by atoms with Crippen LogP contribution in [0.2, 0.25) is 0 Å². The maximum absolute atomic E-state index is 5.57. The topological polar surface area (TPSA) is 89.6 Å². The van der Waals surface area contributed by atoms with Gasteiger partial charge in [-0.1, -0.05) is 11.4 Å². The van der Waals surface area contributed by atoms with Gasteiger partial charge in [-0.25, -0.2) is 15.4 Å². The molecule has 7 heteroatoms. The highest BCUT2D eigenvalue weighted by Gasteiger charge is 2.19. The molecule has 84 valence electrons. The first-order chi connectivity index (χ1) is 7.86. The van der Waals surface area contributed by atoms with Crippen LogP contribution in [0.4, 0.5) is 0 Å². The lowest BCUT2D eigenvalue weighted by molar-refractivity contribution is 0.634. The van der Waals surface area contributed by atoms with Crippen molar-refractivity contribution >= 4 is 11.5 Å². The predicted molar refractivity (Wildman–Crippen MR) is 60.5 cm³/mol. The van der Waals surface area contributed by atoms with Gasteiger partial charge in [-0.15, -0.1) is 5.10 Å². The van der Waals surface area contributed by atoms with E-state index in [-0.39, 0.29) is 6.04 Å². The molecule has 0 aliphatic rings. The van der Waals surface area contributed by atoms with Crippen molar-refractivity contribution < 1.29 is 0 Å². The first-order valence-electron chi connectivity index (χ1n) is 4.89. The van der Waals surface area contributed by atoms with Crippen molar-refractivity contribution in [3.63, 3.8) is 0 Å². The Morgan fingerprint density at radius 1 is 1.44 bits per heavy atom. The number of hydrazine groups is 1. The van der Waals surface area contributed by atoms with E-state index in [0.29, 0.717) is 0 Å². The van der Waals surface area contributed by atoms with Crippen LogP contribution in [0.1, 0.15) is 29.1 Å². The van der Waals surface area contributed by atoms with E-state index in [9.17, 15) is 0 Å². The molecule has 0 saturated carbocycles. The summed E-state index contributed by atoms with van der Waals surface area (Å²) in [6.07, 6.45) is 5.79. The van der Waals surface area contributed by atoms with E-state index in [1.807, 2.05) is 6.92 Å². The third kappa shape index (κ3) is 2.06. The van der Waals surface area contributed by atoms with Crippen LogP contribution < -0.4 is 11.3 Å². The van der Waals surface area contributed by atoms with Crippen LogP contribution in [0.25, 0.3) is 0 Å². The lowest BCUT2D eigenvalue weighted by atomic mass is 10.1. The van der Waals surface area contributed by atoms with Crippen LogP contribution in [0.5, 0.6) is 0 Å². The summed E-state index contributed by atoms with van der Waals surface area (Å²) in [6, 6.07) is -0.142. The summed E-state index contributed by atoms with van der Waals surface area (Å²) in [5, 5.41) is 4.06. The molecule has 0 fully saturated rings. The molecule has 0 aliphatic carbocycles. The Labute approximate surface area is 97.1 Å². The molecule has 2 heterocycles. The maximum Gasteiger partial charge on any atom is 0.115 e. The monoisotopic (exact) mass is 236 g/mol. The van der Waals surface area contributed by atoms with E-state index >= 15 is 0 Å². The number of hydrogen-bond donors (Lipinski definition) is 2. The van der Waals surface area contributed by atoms with Crippen molar-refractivity contribution in [3.05, 3.63) is 34.9 Å². The molecule has 0 saturated heterocycles. The minimum Gasteiger partial charge on any atom is -0.271 e. The summed E-state index contributed by atoms with van der Waals surface area (Å²) in [7, 11) is 0. The van der Waals surface area contributed by atoms with Gasteiger partial charge in [-0.05, 0) is 18.0 Å². The van der Waals surface area contributed by atoms with E-state index in [1.54, 1.807) is 12.4 Å². The van der Waals surface area contributed by atoms with Gasteiger partial charge in [0.15, 0.2) is 0 Å². The molecule has 0 amide bonds. The highest BCUT2D eigenvalue weighted by atomic mass is 32.1. The smallest absolute Gasteiger partial charge is 0.115 e. The SMILES string of the molecule is CCc1nnsc1C(NN)c1cncnc1. The van der Waals surface area contributed by atoms with Crippen LogP contribution >= 0.6 is 11.5 Å². The maximum atomic E-state index is 5.57. The normalized spacial score (nSPS) is 12.6. The Morgan fingerprint density at radius 3 is 2.81 bits per heavy atom. The Morgan fingerprint density at radius 2 is 2.19 bits per heavy atom. The Hall–Kier alpha value is -1.44. The molecular weight excluding hydrogens is 224 g/mol. The second-order valence-corrected chi connectivity index (χ2v) is 3.99. The molecule has 2 aromatic rings. The molecule has 0 aliphatic heterocycles. The molecular formula is C9H12N6S. The molecule has 2 aromatic heterocycles. The Balaban J connectivity index is 2.37. The molecule has 16 heavy (non-hydrogen) atoms. The first-order valence-corrected chi connectivity index (χ1v) is 5.66. The molecule has 0 spiro atoms. The number of nitrogens with zero attached hydrogens (tertiary/aromatic N) is 4. The molecule has 0 radical (unpaired) electrons. The van der Waals surface area contributed by atoms with E-state index in [2.05, 4.69) is 25.0 Å². The summed E-state index contributed by atoms with van der Waals surface area (Å²) in [5.41, 5.74) is 4.61. The second-order valence-electron chi connectivity index (χ2n) is 3.21. The number of nitrogens with two attached hydrogens (primary N) is 1. The number of rotatable bonds is 4. The van der Waals surface area contributed by atoms with Gasteiger partial charge in [0.2, 0.25) is 0 Å². The highest BCUT2D eigenvalue weighted by Crippen LogP contribution is 2.25. The van der Waals surface area contributed by atoms with Crippen molar-refractivity contribution in [2.24, 2.45) is 5.84 Å². The first kappa shape index (κ1) is 11.1. The molecule has 6 nitrogen and oxygen atoms in total. The van der Waals surface area contributed by atoms with Crippen molar-refractivity contribution in [1.82, 2.24) is 25.0 Å². The Kier molecular flexibility index (Phi) is 3.50.